The van der Waals surface area contributed by atoms with Crippen molar-refractivity contribution in [3.8, 4) is 11.3 Å². The Labute approximate surface area is 177 Å². The van der Waals surface area contributed by atoms with Gasteiger partial charge in [0, 0.05) is 23.7 Å². The second-order valence-electron chi connectivity index (χ2n) is 6.91. The first-order chi connectivity index (χ1) is 13.6. The number of hydrogen-bond acceptors (Lipinski definition) is 5. The second kappa shape index (κ2) is 9.88. The van der Waals surface area contributed by atoms with Gasteiger partial charge in [-0.15, -0.1) is 0 Å². The van der Waals surface area contributed by atoms with E-state index in [0.717, 1.165) is 73.9 Å². The third kappa shape index (κ3) is 4.77. The van der Waals surface area contributed by atoms with E-state index < -0.39 is 0 Å². The van der Waals surface area contributed by atoms with E-state index in [1.165, 1.54) is 0 Å². The molecule has 5 nitrogen and oxygen atoms in total. The summed E-state index contributed by atoms with van der Waals surface area (Å²) in [6.07, 6.45) is 3.82. The average molecular weight is 423 g/mol. The fourth-order valence-electron chi connectivity index (χ4n) is 3.53. The normalized spacial score (nSPS) is 17.2. The summed E-state index contributed by atoms with van der Waals surface area (Å²) < 4.78 is 5.64. The Bertz CT molecular complexity index is 815. The monoisotopic (exact) mass is 422 g/mol. The predicted molar refractivity (Wildman–Crippen MR) is 116 cm³/mol. The Hall–Kier alpha value is -1.40. The van der Waals surface area contributed by atoms with Crippen LogP contribution in [0.3, 0.4) is 0 Å². The molecule has 0 saturated carbocycles. The van der Waals surface area contributed by atoms with E-state index in [0.29, 0.717) is 16.1 Å². The number of aryl methyl sites for hydroxylation is 2. The molecule has 0 amide bonds. The maximum absolute atomic E-state index is 6.44. The Morgan fingerprint density at radius 3 is 2.61 bits per heavy atom. The lowest BCUT2D eigenvalue weighted by atomic mass is 10.1. The third-order valence-electron chi connectivity index (χ3n) is 5.04. The van der Waals surface area contributed by atoms with Crippen molar-refractivity contribution in [1.82, 2.24) is 15.0 Å². The molecule has 0 bridgehead atoms. The van der Waals surface area contributed by atoms with Crippen molar-refractivity contribution < 1.29 is 4.74 Å². The Kier molecular flexibility index (Phi) is 7.52. The number of hydrogen-bond donors (Lipinski definition) is 1. The van der Waals surface area contributed by atoms with Crippen LogP contribution < -0.4 is 5.43 Å². The molecule has 0 unspecified atom stereocenters. The lowest BCUT2D eigenvalue weighted by Crippen LogP contribution is -2.38. The maximum Gasteiger partial charge on any atom is 0.162 e. The van der Waals surface area contributed by atoms with Gasteiger partial charge in [-0.05, 0) is 50.8 Å². The molecule has 0 aliphatic carbocycles. The summed E-state index contributed by atoms with van der Waals surface area (Å²) in [5, 5.41) is 3.45. The fraction of sp³-hybridized carbons (Fsp3) is 0.524. The highest BCUT2D eigenvalue weighted by molar-refractivity contribution is 6.36. The van der Waals surface area contributed by atoms with Crippen LogP contribution in [0.5, 0.6) is 0 Å². The van der Waals surface area contributed by atoms with Gasteiger partial charge in [-0.3, -0.25) is 0 Å². The summed E-state index contributed by atoms with van der Waals surface area (Å²) >= 11 is 12.5. The highest BCUT2D eigenvalue weighted by atomic mass is 35.5. The topological polar surface area (TPSA) is 50.3 Å². The van der Waals surface area contributed by atoms with E-state index in [-0.39, 0.29) is 0 Å². The van der Waals surface area contributed by atoms with E-state index in [1.807, 2.05) is 19.1 Å². The molecule has 2 heterocycles. The third-order valence-corrected chi connectivity index (χ3v) is 5.59. The second-order valence-corrected chi connectivity index (χ2v) is 7.75. The molecule has 1 saturated heterocycles. The summed E-state index contributed by atoms with van der Waals surface area (Å²) in [7, 11) is 0. The van der Waals surface area contributed by atoms with Gasteiger partial charge in [0.2, 0.25) is 0 Å². The van der Waals surface area contributed by atoms with Crippen molar-refractivity contribution in [3.05, 3.63) is 39.6 Å². The number of benzene rings is 1. The summed E-state index contributed by atoms with van der Waals surface area (Å²) in [6, 6.07) is 5.87. The van der Waals surface area contributed by atoms with Crippen LogP contribution in [0.2, 0.25) is 10.0 Å². The van der Waals surface area contributed by atoms with Crippen LogP contribution in [0.15, 0.2) is 18.2 Å². The first-order valence-electron chi connectivity index (χ1n) is 10.0. The summed E-state index contributed by atoms with van der Waals surface area (Å²) in [4.78, 5) is 9.87. The minimum absolute atomic E-state index is 0.363. The van der Waals surface area contributed by atoms with Gasteiger partial charge in [-0.25, -0.2) is 15.0 Å². The Balaban J connectivity index is 1.93. The van der Waals surface area contributed by atoms with Crippen LogP contribution in [-0.2, 0) is 17.6 Å². The van der Waals surface area contributed by atoms with Crippen LogP contribution in [-0.4, -0.2) is 40.8 Å². The molecule has 7 heteroatoms. The van der Waals surface area contributed by atoms with E-state index >= 15 is 0 Å². The summed E-state index contributed by atoms with van der Waals surface area (Å²) in [6.45, 7) is 8.66. The maximum atomic E-state index is 6.44. The summed E-state index contributed by atoms with van der Waals surface area (Å²) in [5.41, 5.74) is 7.07. The van der Waals surface area contributed by atoms with E-state index in [4.69, 9.17) is 37.9 Å². The van der Waals surface area contributed by atoms with E-state index in [1.54, 1.807) is 6.07 Å². The molecule has 0 radical (unpaired) electrons. The molecule has 3 rings (SSSR count). The number of aromatic nitrogens is 2. The van der Waals surface area contributed by atoms with Crippen molar-refractivity contribution >= 4 is 29.0 Å². The molecule has 1 aliphatic heterocycles. The standard InChI is InChI=1S/C21H28Cl2N4O/c1-4-18-20(16-10-9-14(22)12-17(16)23)24-19(5-2)21(25-18)26-27-11-7-8-15(27)13-28-6-3/h9-10,12,15H,4-8,11,13H2,1-3H3,(H,25,26)/t15-/m1/s1. The van der Waals surface area contributed by atoms with Crippen molar-refractivity contribution in [2.24, 2.45) is 0 Å². The molecule has 1 aliphatic rings. The number of halogens is 2. The molecule has 2 aromatic rings. The van der Waals surface area contributed by atoms with Crippen LogP contribution in [0.4, 0.5) is 5.82 Å². The molecule has 152 valence electrons. The van der Waals surface area contributed by atoms with E-state index in [2.05, 4.69) is 24.3 Å². The zero-order valence-electron chi connectivity index (χ0n) is 16.8. The Morgan fingerprint density at radius 1 is 1.14 bits per heavy atom. The molecule has 1 fully saturated rings. The minimum Gasteiger partial charge on any atom is -0.380 e. The number of anilines is 1. The smallest absolute Gasteiger partial charge is 0.162 e. The van der Waals surface area contributed by atoms with Gasteiger partial charge in [0.1, 0.15) is 0 Å². The lowest BCUT2D eigenvalue weighted by molar-refractivity contribution is 0.0943. The van der Waals surface area contributed by atoms with Gasteiger partial charge in [-0.2, -0.15) is 0 Å². The highest BCUT2D eigenvalue weighted by Gasteiger charge is 2.26. The number of nitrogens with one attached hydrogen (secondary N) is 1. The number of rotatable bonds is 8. The number of nitrogens with zero attached hydrogens (tertiary/aromatic N) is 3. The number of hydrazine groups is 1. The molecule has 28 heavy (non-hydrogen) atoms. The van der Waals surface area contributed by atoms with Gasteiger partial charge in [0.05, 0.1) is 34.8 Å². The molecule has 1 atom stereocenters. The summed E-state index contributed by atoms with van der Waals surface area (Å²) in [5.74, 6) is 0.830. The fourth-order valence-corrected chi connectivity index (χ4v) is 4.03. The van der Waals surface area contributed by atoms with Gasteiger partial charge in [-0.1, -0.05) is 37.0 Å². The average Bonchev–Trinajstić information content (AvgIpc) is 3.13. The number of ether oxygens (including phenoxy) is 1. The van der Waals surface area contributed by atoms with Gasteiger partial charge in [0.25, 0.3) is 0 Å². The van der Waals surface area contributed by atoms with Crippen LogP contribution in [0.25, 0.3) is 11.3 Å². The highest BCUT2D eigenvalue weighted by Crippen LogP contribution is 2.33. The van der Waals surface area contributed by atoms with E-state index in [9.17, 15) is 0 Å². The molecule has 1 aromatic carbocycles. The molecule has 1 N–H and O–H groups in total. The minimum atomic E-state index is 0.363. The first kappa shape index (κ1) is 21.3. The van der Waals surface area contributed by atoms with Gasteiger partial charge in [0.15, 0.2) is 5.82 Å². The lowest BCUT2D eigenvalue weighted by Gasteiger charge is -2.26. The van der Waals surface area contributed by atoms with Crippen LogP contribution in [0, 0.1) is 0 Å². The van der Waals surface area contributed by atoms with Gasteiger partial charge >= 0.3 is 0 Å². The predicted octanol–water partition coefficient (Wildman–Crippen LogP) is 5.40. The largest absolute Gasteiger partial charge is 0.380 e. The molecular formula is C21H28Cl2N4O. The van der Waals surface area contributed by atoms with Crippen LogP contribution >= 0.6 is 23.2 Å². The van der Waals surface area contributed by atoms with Gasteiger partial charge < -0.3 is 10.2 Å². The molecular weight excluding hydrogens is 395 g/mol. The van der Waals surface area contributed by atoms with Crippen molar-refractivity contribution in [2.45, 2.75) is 52.5 Å². The Morgan fingerprint density at radius 2 is 1.93 bits per heavy atom. The quantitative estimate of drug-likeness (QED) is 0.616. The van der Waals surface area contributed by atoms with Crippen molar-refractivity contribution in [2.75, 3.05) is 25.2 Å². The zero-order chi connectivity index (χ0) is 20.1. The zero-order valence-corrected chi connectivity index (χ0v) is 18.3. The van der Waals surface area contributed by atoms with Crippen molar-refractivity contribution in [1.29, 1.82) is 0 Å². The first-order valence-corrected chi connectivity index (χ1v) is 10.8. The SMILES string of the molecule is CCOC[C@H]1CCCN1Nc1nc(CC)c(-c2ccc(Cl)cc2Cl)nc1CC. The molecule has 1 aromatic heterocycles. The van der Waals surface area contributed by atoms with Crippen molar-refractivity contribution in [3.63, 3.8) is 0 Å². The van der Waals surface area contributed by atoms with Crippen LogP contribution in [0.1, 0.15) is 45.0 Å². The molecule has 0 spiro atoms.